The third-order valence-corrected chi connectivity index (χ3v) is 5.23. The molecule has 1 atom stereocenters. The Labute approximate surface area is 186 Å². The van der Waals surface area contributed by atoms with Crippen LogP contribution in [0, 0.1) is 13.8 Å². The average molecular weight is 438 g/mol. The number of ether oxygens (including phenoxy) is 2. The van der Waals surface area contributed by atoms with Crippen molar-refractivity contribution >= 4 is 29.4 Å². The van der Waals surface area contributed by atoms with E-state index in [0.717, 1.165) is 16.0 Å². The fourth-order valence-corrected chi connectivity index (χ4v) is 3.46. The molecule has 1 aliphatic rings. The Morgan fingerprint density at radius 1 is 1.03 bits per heavy atom. The van der Waals surface area contributed by atoms with E-state index in [4.69, 9.17) is 9.47 Å². The summed E-state index contributed by atoms with van der Waals surface area (Å²) in [7, 11) is 1.55. The Kier molecular flexibility index (Phi) is 7.05. The molecule has 8 heteroatoms. The Morgan fingerprint density at radius 3 is 2.44 bits per heavy atom. The van der Waals surface area contributed by atoms with Crippen LogP contribution in [-0.2, 0) is 14.3 Å². The molecule has 168 valence electrons. The number of imide groups is 1. The minimum absolute atomic E-state index is 0.0924. The van der Waals surface area contributed by atoms with E-state index in [0.29, 0.717) is 18.7 Å². The summed E-state index contributed by atoms with van der Waals surface area (Å²) < 4.78 is 10.2. The van der Waals surface area contributed by atoms with Gasteiger partial charge in [0.2, 0.25) is 0 Å². The summed E-state index contributed by atoms with van der Waals surface area (Å²) in [5, 5.41) is 2.75. The highest BCUT2D eigenvalue weighted by Gasteiger charge is 2.36. The third-order valence-electron chi connectivity index (χ3n) is 5.23. The second-order valence-electron chi connectivity index (χ2n) is 7.72. The van der Waals surface area contributed by atoms with Crippen LogP contribution < -0.4 is 5.32 Å². The zero-order chi connectivity index (χ0) is 23.4. The Hall–Kier alpha value is -3.52. The van der Waals surface area contributed by atoms with Gasteiger partial charge in [0.1, 0.15) is 0 Å². The SMILES string of the molecule is COCCCN1C(=O)c2ccc(C(=O)OC(C)C(=O)Nc3ccc(C)cc3C)cc2C1=O. The number of esters is 1. The van der Waals surface area contributed by atoms with Gasteiger partial charge in [-0.15, -0.1) is 0 Å². The first-order valence-electron chi connectivity index (χ1n) is 10.3. The highest BCUT2D eigenvalue weighted by molar-refractivity contribution is 6.22. The van der Waals surface area contributed by atoms with Crippen molar-refractivity contribution in [3.05, 3.63) is 64.2 Å². The Balaban J connectivity index is 1.67. The van der Waals surface area contributed by atoms with Crippen molar-refractivity contribution in [2.45, 2.75) is 33.3 Å². The zero-order valence-electron chi connectivity index (χ0n) is 18.6. The van der Waals surface area contributed by atoms with Crippen molar-refractivity contribution in [1.29, 1.82) is 0 Å². The van der Waals surface area contributed by atoms with Crippen molar-refractivity contribution in [3.8, 4) is 0 Å². The molecule has 3 amide bonds. The number of anilines is 1. The van der Waals surface area contributed by atoms with Crippen molar-refractivity contribution in [1.82, 2.24) is 4.90 Å². The molecule has 2 aromatic rings. The van der Waals surface area contributed by atoms with Gasteiger partial charge in [0.15, 0.2) is 6.10 Å². The molecule has 1 N–H and O–H groups in total. The monoisotopic (exact) mass is 438 g/mol. The Bertz CT molecular complexity index is 1080. The summed E-state index contributed by atoms with van der Waals surface area (Å²) in [6.45, 7) is 5.95. The first-order chi connectivity index (χ1) is 15.2. The molecule has 1 aliphatic heterocycles. The van der Waals surface area contributed by atoms with E-state index >= 15 is 0 Å². The molecule has 0 fully saturated rings. The fraction of sp³-hybridized carbons (Fsp3) is 0.333. The molecule has 0 aliphatic carbocycles. The van der Waals surface area contributed by atoms with Crippen molar-refractivity contribution in [2.24, 2.45) is 0 Å². The van der Waals surface area contributed by atoms with E-state index in [2.05, 4.69) is 5.32 Å². The molecular weight excluding hydrogens is 412 g/mol. The predicted octanol–water partition coefficient (Wildman–Crippen LogP) is 3.12. The molecular formula is C24H26N2O6. The second-order valence-corrected chi connectivity index (χ2v) is 7.72. The van der Waals surface area contributed by atoms with Crippen LogP contribution in [-0.4, -0.2) is 55.0 Å². The van der Waals surface area contributed by atoms with Gasteiger partial charge in [-0.25, -0.2) is 4.79 Å². The summed E-state index contributed by atoms with van der Waals surface area (Å²) in [6, 6.07) is 9.79. The number of nitrogens with one attached hydrogen (secondary N) is 1. The number of benzene rings is 2. The van der Waals surface area contributed by atoms with Gasteiger partial charge in [-0.3, -0.25) is 19.3 Å². The lowest BCUT2D eigenvalue weighted by molar-refractivity contribution is -0.123. The van der Waals surface area contributed by atoms with Crippen molar-refractivity contribution < 1.29 is 28.7 Å². The molecule has 0 aromatic heterocycles. The van der Waals surface area contributed by atoms with Crippen molar-refractivity contribution in [2.75, 3.05) is 25.6 Å². The van der Waals surface area contributed by atoms with Gasteiger partial charge >= 0.3 is 5.97 Å². The molecule has 32 heavy (non-hydrogen) atoms. The van der Waals surface area contributed by atoms with Gasteiger partial charge in [-0.2, -0.15) is 0 Å². The maximum Gasteiger partial charge on any atom is 0.338 e. The number of amides is 3. The number of rotatable bonds is 8. The molecule has 1 unspecified atom stereocenters. The van der Waals surface area contributed by atoms with Crippen LogP contribution in [0.25, 0.3) is 0 Å². The average Bonchev–Trinajstić information content (AvgIpc) is 3.00. The highest BCUT2D eigenvalue weighted by atomic mass is 16.5. The maximum atomic E-state index is 12.6. The van der Waals surface area contributed by atoms with Gasteiger partial charge < -0.3 is 14.8 Å². The number of hydrogen-bond acceptors (Lipinski definition) is 6. The molecule has 3 rings (SSSR count). The number of carbonyl (C=O) groups is 4. The lowest BCUT2D eigenvalue weighted by Gasteiger charge is -2.15. The smallest absolute Gasteiger partial charge is 0.338 e. The van der Waals surface area contributed by atoms with E-state index in [-0.39, 0.29) is 23.2 Å². The van der Waals surface area contributed by atoms with Crippen LogP contribution in [0.1, 0.15) is 55.5 Å². The van der Waals surface area contributed by atoms with Crippen LogP contribution >= 0.6 is 0 Å². The van der Waals surface area contributed by atoms with Crippen LogP contribution in [0.4, 0.5) is 5.69 Å². The highest BCUT2D eigenvalue weighted by Crippen LogP contribution is 2.25. The van der Waals surface area contributed by atoms with Crippen molar-refractivity contribution in [3.63, 3.8) is 0 Å². The predicted molar refractivity (Wildman–Crippen MR) is 118 cm³/mol. The minimum Gasteiger partial charge on any atom is -0.449 e. The molecule has 8 nitrogen and oxygen atoms in total. The molecule has 1 heterocycles. The molecule has 0 radical (unpaired) electrons. The first-order valence-corrected chi connectivity index (χ1v) is 10.3. The minimum atomic E-state index is -1.06. The van der Waals surface area contributed by atoms with Gasteiger partial charge in [-0.05, 0) is 57.0 Å². The number of carbonyl (C=O) groups excluding carboxylic acids is 4. The summed E-state index contributed by atoms with van der Waals surface area (Å²) in [6.07, 6.45) is -0.538. The molecule has 0 bridgehead atoms. The topological polar surface area (TPSA) is 102 Å². The molecule has 0 saturated carbocycles. The summed E-state index contributed by atoms with van der Waals surface area (Å²) in [5.74, 6) is -2.09. The zero-order valence-corrected chi connectivity index (χ0v) is 18.6. The lowest BCUT2D eigenvalue weighted by Crippen LogP contribution is -2.31. The van der Waals surface area contributed by atoms with E-state index < -0.39 is 29.8 Å². The van der Waals surface area contributed by atoms with Crippen LogP contribution in [0.5, 0.6) is 0 Å². The van der Waals surface area contributed by atoms with Crippen LogP contribution in [0.15, 0.2) is 36.4 Å². The number of aryl methyl sites for hydroxylation is 2. The number of fused-ring (bicyclic) bond motifs is 1. The lowest BCUT2D eigenvalue weighted by atomic mass is 10.1. The van der Waals surface area contributed by atoms with E-state index in [9.17, 15) is 19.2 Å². The van der Waals surface area contributed by atoms with E-state index in [1.54, 1.807) is 13.2 Å². The van der Waals surface area contributed by atoms with Gasteiger partial charge in [0.05, 0.1) is 16.7 Å². The summed E-state index contributed by atoms with van der Waals surface area (Å²) in [4.78, 5) is 51.3. The van der Waals surface area contributed by atoms with Crippen LogP contribution in [0.2, 0.25) is 0 Å². The number of methoxy groups -OCH3 is 1. The molecule has 2 aromatic carbocycles. The largest absolute Gasteiger partial charge is 0.449 e. The van der Waals surface area contributed by atoms with Gasteiger partial charge in [-0.1, -0.05) is 17.7 Å². The summed E-state index contributed by atoms with van der Waals surface area (Å²) in [5.41, 5.74) is 3.09. The van der Waals surface area contributed by atoms with Gasteiger partial charge in [0.25, 0.3) is 17.7 Å². The second kappa shape index (κ2) is 9.74. The fourth-order valence-electron chi connectivity index (χ4n) is 3.46. The molecule has 0 spiro atoms. The third kappa shape index (κ3) is 4.86. The standard InChI is InChI=1S/C24H26N2O6/c1-14-6-9-20(15(2)12-14)25-21(27)16(3)32-24(30)17-7-8-18-19(13-17)23(29)26(22(18)28)10-5-11-31-4/h6-9,12-13,16H,5,10-11H2,1-4H3,(H,25,27). The quantitative estimate of drug-likeness (QED) is 0.386. The Morgan fingerprint density at radius 2 is 1.75 bits per heavy atom. The van der Waals surface area contributed by atoms with Crippen LogP contribution in [0.3, 0.4) is 0 Å². The number of hydrogen-bond donors (Lipinski definition) is 1. The summed E-state index contributed by atoms with van der Waals surface area (Å²) >= 11 is 0. The van der Waals surface area contributed by atoms with Gasteiger partial charge in [0, 0.05) is 25.9 Å². The molecule has 0 saturated heterocycles. The number of nitrogens with zero attached hydrogens (tertiary/aromatic N) is 1. The normalized spacial score (nSPS) is 13.7. The maximum absolute atomic E-state index is 12.6. The first kappa shape index (κ1) is 23.1. The van der Waals surface area contributed by atoms with E-state index in [1.807, 2.05) is 26.0 Å². The van der Waals surface area contributed by atoms with E-state index in [1.165, 1.54) is 25.1 Å².